The van der Waals surface area contributed by atoms with Crippen LogP contribution in [0.25, 0.3) is 0 Å². The number of benzene rings is 1. The number of nitrogens with one attached hydrogen (secondary N) is 1. The van der Waals surface area contributed by atoms with Crippen molar-refractivity contribution in [1.82, 2.24) is 5.32 Å². The minimum atomic E-state index is 0.854. The summed E-state index contributed by atoms with van der Waals surface area (Å²) in [4.78, 5) is 2.28. The molecule has 0 radical (unpaired) electrons. The Bertz CT molecular complexity index is 366. The third-order valence-corrected chi connectivity index (χ3v) is 3.67. The number of halogens is 1. The minimum absolute atomic E-state index is 0.854. The van der Waals surface area contributed by atoms with Gasteiger partial charge in [-0.15, -0.1) is 0 Å². The summed E-state index contributed by atoms with van der Waals surface area (Å²) in [7, 11) is 2.14. The van der Waals surface area contributed by atoms with Crippen LogP contribution in [0.3, 0.4) is 0 Å². The van der Waals surface area contributed by atoms with Crippen molar-refractivity contribution in [1.29, 1.82) is 0 Å². The van der Waals surface area contributed by atoms with Gasteiger partial charge in [-0.1, -0.05) is 44.4 Å². The molecule has 2 nitrogen and oxygen atoms in total. The Balaban J connectivity index is 2.54. The lowest BCUT2D eigenvalue weighted by molar-refractivity contribution is 0.675. The maximum Gasteiger partial charge on any atom is 0.0471 e. The maximum atomic E-state index is 6.35. The molecule has 0 amide bonds. The van der Waals surface area contributed by atoms with Crippen molar-refractivity contribution in [2.75, 3.05) is 25.0 Å². The zero-order chi connectivity index (χ0) is 14.1. The highest BCUT2D eigenvalue weighted by Gasteiger charge is 2.05. The average Bonchev–Trinajstić information content (AvgIpc) is 2.41. The topological polar surface area (TPSA) is 15.3 Å². The van der Waals surface area contributed by atoms with Crippen molar-refractivity contribution < 1.29 is 0 Å². The van der Waals surface area contributed by atoms with Crippen LogP contribution in [-0.4, -0.2) is 20.1 Å². The third kappa shape index (κ3) is 5.84. The number of hydrogen-bond acceptors (Lipinski definition) is 2. The molecule has 19 heavy (non-hydrogen) atoms. The zero-order valence-electron chi connectivity index (χ0n) is 12.5. The molecule has 0 aliphatic rings. The first-order valence-electron chi connectivity index (χ1n) is 7.39. The number of unbranched alkanes of at least 4 members (excludes halogenated alkanes) is 2. The molecule has 0 aliphatic carbocycles. The molecule has 1 rings (SSSR count). The van der Waals surface area contributed by atoms with Gasteiger partial charge in [-0.2, -0.15) is 0 Å². The lowest BCUT2D eigenvalue weighted by Gasteiger charge is -2.20. The molecule has 0 saturated heterocycles. The van der Waals surface area contributed by atoms with Gasteiger partial charge in [0, 0.05) is 30.8 Å². The lowest BCUT2D eigenvalue weighted by atomic mass is 10.1. The van der Waals surface area contributed by atoms with Crippen LogP contribution < -0.4 is 10.2 Å². The molecular weight excluding hydrogens is 256 g/mol. The van der Waals surface area contributed by atoms with E-state index in [4.69, 9.17) is 11.6 Å². The van der Waals surface area contributed by atoms with Crippen molar-refractivity contribution in [3.05, 3.63) is 28.8 Å². The van der Waals surface area contributed by atoms with Gasteiger partial charge >= 0.3 is 0 Å². The molecule has 0 bridgehead atoms. The van der Waals surface area contributed by atoms with Crippen LogP contribution in [-0.2, 0) is 6.54 Å². The molecule has 0 saturated carbocycles. The summed E-state index contributed by atoms with van der Waals surface area (Å²) in [6.45, 7) is 7.39. The van der Waals surface area contributed by atoms with Crippen molar-refractivity contribution >= 4 is 17.3 Å². The minimum Gasteiger partial charge on any atom is -0.375 e. The summed E-state index contributed by atoms with van der Waals surface area (Å²) in [6.07, 6.45) is 4.94. The van der Waals surface area contributed by atoms with Crippen LogP contribution in [0.1, 0.15) is 45.1 Å². The van der Waals surface area contributed by atoms with Gasteiger partial charge in [0.15, 0.2) is 0 Å². The summed E-state index contributed by atoms with van der Waals surface area (Å²) >= 11 is 6.35. The molecule has 0 aromatic heterocycles. The fourth-order valence-electron chi connectivity index (χ4n) is 2.04. The first-order valence-corrected chi connectivity index (χ1v) is 7.77. The molecule has 0 atom stereocenters. The highest BCUT2D eigenvalue weighted by Crippen LogP contribution is 2.23. The maximum absolute atomic E-state index is 6.35. The molecule has 1 N–H and O–H groups in total. The van der Waals surface area contributed by atoms with Gasteiger partial charge in [-0.3, -0.25) is 0 Å². The van der Waals surface area contributed by atoms with Crippen LogP contribution in [0.5, 0.6) is 0 Å². The van der Waals surface area contributed by atoms with E-state index in [1.807, 2.05) is 0 Å². The average molecular weight is 283 g/mol. The Morgan fingerprint density at radius 2 is 1.95 bits per heavy atom. The first-order chi connectivity index (χ1) is 9.19. The highest BCUT2D eigenvalue weighted by atomic mass is 35.5. The van der Waals surface area contributed by atoms with Crippen LogP contribution in [0, 0.1) is 0 Å². The molecule has 3 heteroatoms. The summed E-state index contributed by atoms with van der Waals surface area (Å²) in [5.41, 5.74) is 2.39. The van der Waals surface area contributed by atoms with Crippen molar-refractivity contribution in [2.24, 2.45) is 0 Å². The largest absolute Gasteiger partial charge is 0.375 e. The predicted octanol–water partition coefficient (Wildman–Crippen LogP) is 4.47. The standard InChI is InChI=1S/C16H27ClN2/c1-4-6-7-11-19(3)15-9-8-14(16(17)12-15)13-18-10-5-2/h8-9,12,18H,4-7,10-11,13H2,1-3H3. The number of anilines is 1. The first kappa shape index (κ1) is 16.3. The summed E-state index contributed by atoms with van der Waals surface area (Å²) < 4.78 is 0. The Morgan fingerprint density at radius 1 is 1.16 bits per heavy atom. The van der Waals surface area contributed by atoms with Crippen LogP contribution >= 0.6 is 11.6 Å². The molecule has 1 aromatic carbocycles. The second-order valence-electron chi connectivity index (χ2n) is 5.08. The summed E-state index contributed by atoms with van der Waals surface area (Å²) in [5, 5.41) is 4.25. The van der Waals surface area contributed by atoms with E-state index in [1.165, 1.54) is 30.5 Å². The molecule has 0 spiro atoms. The van der Waals surface area contributed by atoms with E-state index in [0.29, 0.717) is 0 Å². The molecule has 0 heterocycles. The molecular formula is C16H27ClN2. The second kappa shape index (κ2) is 9.22. The normalized spacial score (nSPS) is 10.7. The molecule has 0 aliphatic heterocycles. The van der Waals surface area contributed by atoms with Gasteiger partial charge in [-0.25, -0.2) is 0 Å². The van der Waals surface area contributed by atoms with E-state index in [1.54, 1.807) is 0 Å². The van der Waals surface area contributed by atoms with Crippen molar-refractivity contribution in [2.45, 2.75) is 46.1 Å². The molecule has 0 fully saturated rings. The second-order valence-corrected chi connectivity index (χ2v) is 5.49. The third-order valence-electron chi connectivity index (χ3n) is 3.32. The quantitative estimate of drug-likeness (QED) is 0.673. The fraction of sp³-hybridized carbons (Fsp3) is 0.625. The van der Waals surface area contributed by atoms with Crippen LogP contribution in [0.4, 0.5) is 5.69 Å². The van der Waals surface area contributed by atoms with Crippen molar-refractivity contribution in [3.63, 3.8) is 0 Å². The van der Waals surface area contributed by atoms with Gasteiger partial charge < -0.3 is 10.2 Å². The Labute approximate surface area is 123 Å². The van der Waals surface area contributed by atoms with E-state index in [-0.39, 0.29) is 0 Å². The SMILES string of the molecule is CCCCCN(C)c1ccc(CNCCC)c(Cl)c1. The van der Waals surface area contributed by atoms with Gasteiger partial charge in [0.25, 0.3) is 0 Å². The van der Waals surface area contributed by atoms with Crippen molar-refractivity contribution in [3.8, 4) is 0 Å². The highest BCUT2D eigenvalue weighted by molar-refractivity contribution is 6.31. The van der Waals surface area contributed by atoms with E-state index in [0.717, 1.165) is 31.1 Å². The number of rotatable bonds is 9. The van der Waals surface area contributed by atoms with Gasteiger partial charge in [0.1, 0.15) is 0 Å². The fourth-order valence-corrected chi connectivity index (χ4v) is 2.29. The van der Waals surface area contributed by atoms with Gasteiger partial charge in [0.05, 0.1) is 0 Å². The summed E-state index contributed by atoms with van der Waals surface area (Å²) in [5.74, 6) is 0. The smallest absolute Gasteiger partial charge is 0.0471 e. The van der Waals surface area contributed by atoms with E-state index in [2.05, 4.69) is 49.3 Å². The predicted molar refractivity (Wildman–Crippen MR) is 86.2 cm³/mol. The molecule has 0 unspecified atom stereocenters. The molecule has 1 aromatic rings. The Morgan fingerprint density at radius 3 is 2.58 bits per heavy atom. The van der Waals surface area contributed by atoms with Gasteiger partial charge in [-0.05, 0) is 37.1 Å². The van der Waals surface area contributed by atoms with Crippen LogP contribution in [0.2, 0.25) is 5.02 Å². The van der Waals surface area contributed by atoms with Gasteiger partial charge in [0.2, 0.25) is 0 Å². The van der Waals surface area contributed by atoms with Crippen LogP contribution in [0.15, 0.2) is 18.2 Å². The van der Waals surface area contributed by atoms with E-state index in [9.17, 15) is 0 Å². The summed E-state index contributed by atoms with van der Waals surface area (Å²) in [6, 6.07) is 6.38. The number of nitrogens with zero attached hydrogens (tertiary/aromatic N) is 1. The Hall–Kier alpha value is -0.730. The zero-order valence-corrected chi connectivity index (χ0v) is 13.3. The number of hydrogen-bond donors (Lipinski definition) is 1. The van der Waals surface area contributed by atoms with E-state index < -0.39 is 0 Å². The monoisotopic (exact) mass is 282 g/mol. The Kier molecular flexibility index (Phi) is 7.92. The molecule has 108 valence electrons. The lowest BCUT2D eigenvalue weighted by Crippen LogP contribution is -2.19. The van der Waals surface area contributed by atoms with E-state index >= 15 is 0 Å².